The molecule has 0 fully saturated rings. The lowest BCUT2D eigenvalue weighted by molar-refractivity contribution is -0.116. The zero-order valence-corrected chi connectivity index (χ0v) is 22.3. The molecule has 1 aliphatic heterocycles. The third-order valence-corrected chi connectivity index (χ3v) is 8.47. The van der Waals surface area contributed by atoms with E-state index in [0.717, 1.165) is 39.1 Å². The summed E-state index contributed by atoms with van der Waals surface area (Å²) in [4.78, 5) is 15.3. The van der Waals surface area contributed by atoms with E-state index < -0.39 is 5.92 Å². The molecule has 2 aliphatic rings. The Morgan fingerprint density at radius 1 is 1.19 bits per heavy atom. The summed E-state index contributed by atoms with van der Waals surface area (Å²) >= 11 is 3.05. The number of nitrogens with zero attached hydrogens (tertiary/aromatic N) is 6. The van der Waals surface area contributed by atoms with Gasteiger partial charge in [-0.1, -0.05) is 55.1 Å². The Labute approximate surface area is 218 Å². The summed E-state index contributed by atoms with van der Waals surface area (Å²) in [5.74, 6) is -0.220. The largest absolute Gasteiger partial charge is 0.384 e. The van der Waals surface area contributed by atoms with E-state index in [-0.39, 0.29) is 5.78 Å². The van der Waals surface area contributed by atoms with Crippen LogP contribution < -0.4 is 10.6 Å². The number of allylic oxidation sites excluding steroid dienone is 3. The number of ketones is 1. The van der Waals surface area contributed by atoms with Gasteiger partial charge in [-0.2, -0.15) is 10.4 Å². The maximum absolute atomic E-state index is 13.5. The highest BCUT2D eigenvalue weighted by Gasteiger charge is 2.43. The van der Waals surface area contributed by atoms with Crippen molar-refractivity contribution in [3.63, 3.8) is 0 Å². The molecule has 0 saturated heterocycles. The Hall–Kier alpha value is -3.42. The first-order valence-corrected chi connectivity index (χ1v) is 13.6. The van der Waals surface area contributed by atoms with E-state index in [4.69, 9.17) is 10.8 Å². The monoisotopic (exact) mass is 517 g/mol. The highest BCUT2D eigenvalue weighted by Crippen LogP contribution is 2.48. The van der Waals surface area contributed by atoms with Gasteiger partial charge < -0.3 is 5.73 Å². The van der Waals surface area contributed by atoms with Crippen molar-refractivity contribution in [2.75, 3.05) is 4.90 Å². The van der Waals surface area contributed by atoms with Gasteiger partial charge in [0.1, 0.15) is 5.82 Å². The molecule has 184 valence electrons. The number of benzene rings is 1. The molecule has 0 radical (unpaired) electrons. The van der Waals surface area contributed by atoms with E-state index >= 15 is 0 Å². The molecule has 36 heavy (non-hydrogen) atoms. The number of carbonyl (C=O) groups excluding carboxylic acids is 1. The average molecular weight is 518 g/mol. The Morgan fingerprint density at radius 2 is 1.94 bits per heavy atom. The van der Waals surface area contributed by atoms with Gasteiger partial charge >= 0.3 is 0 Å². The lowest BCUT2D eigenvalue weighted by Gasteiger charge is -2.38. The van der Waals surface area contributed by atoms with Crippen LogP contribution in [-0.4, -0.2) is 31.0 Å². The number of aryl methyl sites for hydroxylation is 1. The normalized spacial score (nSPS) is 18.2. The fourth-order valence-electron chi connectivity index (χ4n) is 5.03. The van der Waals surface area contributed by atoms with Gasteiger partial charge in [0.05, 0.1) is 28.9 Å². The van der Waals surface area contributed by atoms with Crippen molar-refractivity contribution in [1.82, 2.24) is 20.0 Å². The summed E-state index contributed by atoms with van der Waals surface area (Å²) < 4.78 is 2.70. The van der Waals surface area contributed by atoms with E-state index in [2.05, 4.69) is 30.1 Å². The highest BCUT2D eigenvalue weighted by molar-refractivity contribution is 8.01. The maximum Gasteiger partial charge on any atom is 0.219 e. The summed E-state index contributed by atoms with van der Waals surface area (Å²) in [7, 11) is 0. The Bertz CT molecular complexity index is 1440. The minimum absolute atomic E-state index is 0.0408. The van der Waals surface area contributed by atoms with E-state index in [9.17, 15) is 10.1 Å². The number of hydrogen-bond acceptors (Lipinski definition) is 9. The summed E-state index contributed by atoms with van der Waals surface area (Å²) in [5, 5.41) is 24.8. The Balaban J connectivity index is 1.70. The molecule has 3 heterocycles. The first-order valence-electron chi connectivity index (χ1n) is 11.9. The van der Waals surface area contributed by atoms with Crippen molar-refractivity contribution in [3.05, 3.63) is 69.9 Å². The van der Waals surface area contributed by atoms with Gasteiger partial charge in [-0.3, -0.25) is 9.69 Å². The van der Waals surface area contributed by atoms with Gasteiger partial charge in [-0.25, -0.2) is 4.68 Å². The molecule has 0 unspecified atom stereocenters. The molecule has 1 atom stereocenters. The first kappa shape index (κ1) is 24.3. The number of rotatable bonds is 5. The topological polar surface area (TPSA) is 114 Å². The number of hydrogen-bond donors (Lipinski definition) is 1. The molecule has 5 rings (SSSR count). The number of anilines is 1. The minimum atomic E-state index is -0.566. The van der Waals surface area contributed by atoms with Crippen molar-refractivity contribution in [2.45, 2.75) is 62.5 Å². The predicted molar refractivity (Wildman–Crippen MR) is 142 cm³/mol. The zero-order valence-electron chi connectivity index (χ0n) is 20.6. The smallest absolute Gasteiger partial charge is 0.219 e. The van der Waals surface area contributed by atoms with Crippen molar-refractivity contribution in [2.24, 2.45) is 5.73 Å². The quantitative estimate of drug-likeness (QED) is 0.463. The highest BCUT2D eigenvalue weighted by atomic mass is 32.2. The van der Waals surface area contributed by atoms with Crippen LogP contribution in [0.25, 0.3) is 5.69 Å². The van der Waals surface area contributed by atoms with Gasteiger partial charge in [-0.15, -0.1) is 10.2 Å². The van der Waals surface area contributed by atoms with Crippen molar-refractivity contribution in [1.29, 1.82) is 5.26 Å². The third kappa shape index (κ3) is 4.02. The number of nitriles is 1. The van der Waals surface area contributed by atoms with E-state index in [1.807, 2.05) is 48.9 Å². The SMILES string of the molecule is Cc1nn(-c2ccccc2)c(C)c1[C@H]1C(C#N)=C(N)N(c2nnc(SC(C)C)s2)C2=C1C(=O)CCC2. The number of aromatic nitrogens is 4. The van der Waals surface area contributed by atoms with Crippen molar-refractivity contribution < 1.29 is 4.79 Å². The van der Waals surface area contributed by atoms with Crippen LogP contribution in [0.1, 0.15) is 56.0 Å². The van der Waals surface area contributed by atoms with E-state index in [1.165, 1.54) is 11.3 Å². The lowest BCUT2D eigenvalue weighted by Crippen LogP contribution is -2.39. The minimum Gasteiger partial charge on any atom is -0.384 e. The van der Waals surface area contributed by atoms with Gasteiger partial charge in [0.15, 0.2) is 10.1 Å². The Morgan fingerprint density at radius 3 is 2.64 bits per heavy atom. The van der Waals surface area contributed by atoms with E-state index in [1.54, 1.807) is 16.7 Å². The van der Waals surface area contributed by atoms with Crippen LogP contribution >= 0.6 is 23.1 Å². The second kappa shape index (κ2) is 9.56. The molecule has 1 aliphatic carbocycles. The van der Waals surface area contributed by atoms with Gasteiger partial charge in [0.2, 0.25) is 5.13 Å². The zero-order chi connectivity index (χ0) is 25.6. The average Bonchev–Trinajstić information content (AvgIpc) is 3.42. The molecular formula is C26H27N7OS2. The molecule has 0 saturated carbocycles. The predicted octanol–water partition coefficient (Wildman–Crippen LogP) is 5.15. The summed E-state index contributed by atoms with van der Waals surface area (Å²) in [6.45, 7) is 8.10. The maximum atomic E-state index is 13.5. The van der Waals surface area contributed by atoms with Crippen LogP contribution in [0.4, 0.5) is 5.13 Å². The van der Waals surface area contributed by atoms with Crippen LogP contribution in [0.5, 0.6) is 0 Å². The summed E-state index contributed by atoms with van der Waals surface area (Å²) in [5.41, 5.74) is 11.9. The molecule has 8 nitrogen and oxygen atoms in total. The molecule has 1 aromatic carbocycles. The number of carbonyl (C=O) groups is 1. The van der Waals surface area contributed by atoms with Gasteiger partial charge in [-0.05, 0) is 38.8 Å². The summed E-state index contributed by atoms with van der Waals surface area (Å²) in [6, 6.07) is 12.2. The molecule has 2 aromatic heterocycles. The number of nitrogens with two attached hydrogens (primary N) is 1. The number of para-hydroxylation sites is 1. The van der Waals surface area contributed by atoms with Crippen molar-refractivity contribution >= 4 is 34.0 Å². The standard InChI is InChI=1S/C26H27N7OS2/c1-14(2)35-26-30-29-25(36-26)32-19-11-8-12-20(34)23(19)22(18(13-27)24(32)28)21-15(3)31-33(16(21)4)17-9-6-5-7-10-17/h5-7,9-10,14,22H,8,11-12,28H2,1-4H3/t22-/m1/s1. The first-order chi connectivity index (χ1) is 17.3. The van der Waals surface area contributed by atoms with Crippen LogP contribution in [0.15, 0.2) is 57.3 Å². The molecule has 10 heteroatoms. The van der Waals surface area contributed by atoms with Crippen LogP contribution in [0, 0.1) is 25.2 Å². The second-order valence-corrected chi connectivity index (χ2v) is 11.9. The third-order valence-electron chi connectivity index (χ3n) is 6.47. The molecule has 3 aromatic rings. The molecule has 0 bridgehead atoms. The molecular weight excluding hydrogens is 490 g/mol. The molecule has 0 amide bonds. The van der Waals surface area contributed by atoms with Gasteiger partial charge in [0.25, 0.3) is 0 Å². The fraction of sp³-hybridized carbons (Fsp3) is 0.346. The molecule has 0 spiro atoms. The van der Waals surface area contributed by atoms with Gasteiger partial charge in [0, 0.05) is 34.2 Å². The second-order valence-electron chi connectivity index (χ2n) is 9.17. The van der Waals surface area contributed by atoms with Crippen LogP contribution in [0.3, 0.4) is 0 Å². The lowest BCUT2D eigenvalue weighted by atomic mass is 9.75. The van der Waals surface area contributed by atoms with Crippen LogP contribution in [-0.2, 0) is 4.79 Å². The number of Topliss-reactive ketones (excluding diaryl/α,β-unsaturated/α-hetero) is 1. The number of thioether (sulfide) groups is 1. The summed E-state index contributed by atoms with van der Waals surface area (Å²) in [6.07, 6.45) is 1.84. The fourth-order valence-corrected chi connectivity index (χ4v) is 7.13. The van der Waals surface area contributed by atoms with E-state index in [0.29, 0.717) is 40.2 Å². The van der Waals surface area contributed by atoms with Crippen LogP contribution in [0.2, 0.25) is 0 Å². The molecule has 2 N–H and O–H groups in total. The van der Waals surface area contributed by atoms with Crippen molar-refractivity contribution in [3.8, 4) is 11.8 Å². The Kier molecular flexibility index (Phi) is 6.45.